The summed E-state index contributed by atoms with van der Waals surface area (Å²) in [7, 11) is 1.83. The van der Waals surface area contributed by atoms with Crippen molar-refractivity contribution in [1.29, 1.82) is 0 Å². The quantitative estimate of drug-likeness (QED) is 0.911. The predicted molar refractivity (Wildman–Crippen MR) is 72.9 cm³/mol. The van der Waals surface area contributed by atoms with Crippen LogP contribution in [0, 0.1) is 0 Å². The SMILES string of the molecule is CCc1ccc(N(C)c2cccc(C(=O)O)c2)nn1. The van der Waals surface area contributed by atoms with E-state index in [2.05, 4.69) is 10.2 Å². The van der Waals surface area contributed by atoms with Gasteiger partial charge in [-0.15, -0.1) is 5.10 Å². The maximum atomic E-state index is 10.9. The molecular formula is C14H15N3O2. The van der Waals surface area contributed by atoms with Crippen LogP contribution in [0.4, 0.5) is 11.5 Å². The number of aryl methyl sites for hydroxylation is 1. The number of benzene rings is 1. The number of nitrogens with zero attached hydrogens (tertiary/aromatic N) is 3. The Bertz CT molecular complexity index is 581. The molecule has 0 bridgehead atoms. The average Bonchev–Trinajstić information content (AvgIpc) is 2.46. The summed E-state index contributed by atoms with van der Waals surface area (Å²) in [6.07, 6.45) is 0.839. The maximum absolute atomic E-state index is 10.9. The first kappa shape index (κ1) is 13.0. The Hall–Kier alpha value is -2.43. The monoisotopic (exact) mass is 257 g/mol. The second-order valence-corrected chi connectivity index (χ2v) is 4.15. The Balaban J connectivity index is 2.29. The van der Waals surface area contributed by atoms with Gasteiger partial charge in [0.25, 0.3) is 0 Å². The lowest BCUT2D eigenvalue weighted by atomic mass is 10.2. The summed E-state index contributed by atoms with van der Waals surface area (Å²) < 4.78 is 0. The number of rotatable bonds is 4. The van der Waals surface area contributed by atoms with Crippen LogP contribution in [0.5, 0.6) is 0 Å². The van der Waals surface area contributed by atoms with E-state index in [9.17, 15) is 4.79 Å². The highest BCUT2D eigenvalue weighted by Crippen LogP contribution is 2.22. The molecule has 0 amide bonds. The minimum atomic E-state index is -0.942. The highest BCUT2D eigenvalue weighted by Gasteiger charge is 2.09. The molecule has 2 rings (SSSR count). The van der Waals surface area contributed by atoms with Gasteiger partial charge in [-0.25, -0.2) is 4.79 Å². The van der Waals surface area contributed by atoms with Gasteiger partial charge in [0.15, 0.2) is 5.82 Å². The summed E-state index contributed by atoms with van der Waals surface area (Å²) >= 11 is 0. The molecular weight excluding hydrogens is 242 g/mol. The summed E-state index contributed by atoms with van der Waals surface area (Å²) in [4.78, 5) is 12.8. The second-order valence-electron chi connectivity index (χ2n) is 4.15. The van der Waals surface area contributed by atoms with E-state index in [0.717, 1.165) is 17.8 Å². The van der Waals surface area contributed by atoms with Crippen LogP contribution in [-0.2, 0) is 6.42 Å². The van der Waals surface area contributed by atoms with Gasteiger partial charge in [0.2, 0.25) is 0 Å². The fourth-order valence-electron chi connectivity index (χ4n) is 1.70. The average molecular weight is 257 g/mol. The van der Waals surface area contributed by atoms with Crippen molar-refractivity contribution in [3.8, 4) is 0 Å². The molecule has 2 aromatic rings. The van der Waals surface area contributed by atoms with Gasteiger partial charge in [0.1, 0.15) is 0 Å². The van der Waals surface area contributed by atoms with Gasteiger partial charge in [-0.05, 0) is 36.8 Å². The van der Waals surface area contributed by atoms with E-state index in [-0.39, 0.29) is 5.56 Å². The lowest BCUT2D eigenvalue weighted by Gasteiger charge is -2.18. The maximum Gasteiger partial charge on any atom is 0.335 e. The van der Waals surface area contributed by atoms with Crippen LogP contribution in [0.25, 0.3) is 0 Å². The van der Waals surface area contributed by atoms with Crippen molar-refractivity contribution in [3.05, 3.63) is 47.7 Å². The molecule has 0 aliphatic heterocycles. The molecule has 5 heteroatoms. The Morgan fingerprint density at radius 1 is 1.26 bits per heavy atom. The molecule has 0 atom stereocenters. The molecule has 0 saturated heterocycles. The molecule has 1 heterocycles. The van der Waals surface area contributed by atoms with Gasteiger partial charge in [-0.2, -0.15) is 5.10 Å². The van der Waals surface area contributed by atoms with Crippen molar-refractivity contribution in [1.82, 2.24) is 10.2 Å². The molecule has 0 saturated carbocycles. The molecule has 0 fully saturated rings. The predicted octanol–water partition coefficient (Wildman–Crippen LogP) is 2.51. The van der Waals surface area contributed by atoms with Gasteiger partial charge in [0.05, 0.1) is 11.3 Å². The smallest absolute Gasteiger partial charge is 0.335 e. The minimum absolute atomic E-state index is 0.252. The van der Waals surface area contributed by atoms with Gasteiger partial charge < -0.3 is 10.0 Å². The first-order valence-electron chi connectivity index (χ1n) is 6.01. The molecule has 1 N–H and O–H groups in total. The van der Waals surface area contributed by atoms with Crippen LogP contribution < -0.4 is 4.90 Å². The highest BCUT2D eigenvalue weighted by molar-refractivity contribution is 5.89. The zero-order valence-electron chi connectivity index (χ0n) is 10.9. The van der Waals surface area contributed by atoms with E-state index < -0.39 is 5.97 Å². The fourth-order valence-corrected chi connectivity index (χ4v) is 1.70. The molecule has 1 aromatic heterocycles. The molecule has 19 heavy (non-hydrogen) atoms. The normalized spacial score (nSPS) is 10.2. The molecule has 0 radical (unpaired) electrons. The molecule has 0 spiro atoms. The van der Waals surface area contributed by atoms with Crippen molar-refractivity contribution in [3.63, 3.8) is 0 Å². The molecule has 0 unspecified atom stereocenters. The number of aromatic carboxylic acids is 1. The van der Waals surface area contributed by atoms with Gasteiger partial charge in [-0.1, -0.05) is 13.0 Å². The number of hydrogen-bond donors (Lipinski definition) is 1. The number of carboxylic acids is 1. The largest absolute Gasteiger partial charge is 0.478 e. The fraction of sp³-hybridized carbons (Fsp3) is 0.214. The Morgan fingerprint density at radius 3 is 2.63 bits per heavy atom. The van der Waals surface area contributed by atoms with Gasteiger partial charge in [-0.3, -0.25) is 0 Å². The lowest BCUT2D eigenvalue weighted by Crippen LogP contribution is -2.13. The zero-order chi connectivity index (χ0) is 13.8. The number of aromatic nitrogens is 2. The summed E-state index contributed by atoms with van der Waals surface area (Å²) in [5.41, 5.74) is 1.94. The number of hydrogen-bond acceptors (Lipinski definition) is 4. The van der Waals surface area contributed by atoms with Crippen molar-refractivity contribution < 1.29 is 9.90 Å². The Morgan fingerprint density at radius 2 is 2.05 bits per heavy atom. The van der Waals surface area contributed by atoms with Crippen LogP contribution in [-0.4, -0.2) is 28.3 Å². The summed E-state index contributed by atoms with van der Waals surface area (Å²) in [6.45, 7) is 2.02. The van der Waals surface area contributed by atoms with E-state index in [4.69, 9.17) is 5.11 Å². The van der Waals surface area contributed by atoms with E-state index in [1.165, 1.54) is 0 Å². The topological polar surface area (TPSA) is 66.3 Å². The minimum Gasteiger partial charge on any atom is -0.478 e. The summed E-state index contributed by atoms with van der Waals surface area (Å²) in [6, 6.07) is 10.5. The Labute approximate surface area is 111 Å². The van der Waals surface area contributed by atoms with Gasteiger partial charge >= 0.3 is 5.97 Å². The van der Waals surface area contributed by atoms with E-state index >= 15 is 0 Å². The van der Waals surface area contributed by atoms with Crippen molar-refractivity contribution in [2.24, 2.45) is 0 Å². The molecule has 5 nitrogen and oxygen atoms in total. The summed E-state index contributed by atoms with van der Waals surface area (Å²) in [5.74, 6) is -0.262. The van der Waals surface area contributed by atoms with Crippen LogP contribution in [0.3, 0.4) is 0 Å². The molecule has 0 aliphatic carbocycles. The first-order valence-corrected chi connectivity index (χ1v) is 6.01. The van der Waals surface area contributed by atoms with E-state index in [0.29, 0.717) is 5.82 Å². The highest BCUT2D eigenvalue weighted by atomic mass is 16.4. The third-order valence-electron chi connectivity index (χ3n) is 2.89. The third-order valence-corrected chi connectivity index (χ3v) is 2.89. The molecule has 98 valence electrons. The third kappa shape index (κ3) is 2.88. The van der Waals surface area contributed by atoms with Crippen LogP contribution in [0.15, 0.2) is 36.4 Å². The van der Waals surface area contributed by atoms with Crippen LogP contribution >= 0.6 is 0 Å². The van der Waals surface area contributed by atoms with Crippen LogP contribution in [0.1, 0.15) is 23.0 Å². The number of carboxylic acid groups (broad SMARTS) is 1. The molecule has 0 aliphatic rings. The van der Waals surface area contributed by atoms with Crippen molar-refractivity contribution in [2.45, 2.75) is 13.3 Å². The van der Waals surface area contributed by atoms with Crippen molar-refractivity contribution >= 4 is 17.5 Å². The van der Waals surface area contributed by atoms with Crippen LogP contribution in [0.2, 0.25) is 0 Å². The lowest BCUT2D eigenvalue weighted by molar-refractivity contribution is 0.0697. The number of carbonyl (C=O) groups is 1. The zero-order valence-corrected chi connectivity index (χ0v) is 10.9. The number of anilines is 2. The van der Waals surface area contributed by atoms with Crippen molar-refractivity contribution in [2.75, 3.05) is 11.9 Å². The van der Waals surface area contributed by atoms with Gasteiger partial charge in [0, 0.05) is 12.7 Å². The van der Waals surface area contributed by atoms with E-state index in [1.54, 1.807) is 23.1 Å². The van der Waals surface area contributed by atoms with E-state index in [1.807, 2.05) is 32.2 Å². The first-order chi connectivity index (χ1) is 9.11. The second kappa shape index (κ2) is 5.48. The Kier molecular flexibility index (Phi) is 3.75. The summed E-state index contributed by atoms with van der Waals surface area (Å²) in [5, 5.41) is 17.2. The molecule has 1 aromatic carbocycles. The standard InChI is InChI=1S/C14H15N3O2/c1-3-11-7-8-13(16-15-11)17(2)12-6-4-5-10(9-12)14(18)19/h4-9H,3H2,1-2H3,(H,18,19).